The molecule has 26 heavy (non-hydrogen) atoms. The molecule has 136 valence electrons. The van der Waals surface area contributed by atoms with E-state index >= 15 is 0 Å². The second-order valence-corrected chi connectivity index (χ2v) is 6.72. The van der Waals surface area contributed by atoms with Crippen molar-refractivity contribution in [1.29, 1.82) is 0 Å². The number of nitrogens with zero attached hydrogens (tertiary/aromatic N) is 1. The minimum absolute atomic E-state index is 0.0132. The fourth-order valence-electron chi connectivity index (χ4n) is 3.47. The standard InChI is InChI=1S/C21H24N2O3/c1-3-4-9-19-22-13-21(14-24,23-19)12-15-10-11-18(20(25)26-2)17-8-6-5-7-16(15)17/h5-8,10-11,13-14,19,23H,3-4,9,12H2,1-2H3. The number of benzene rings is 2. The van der Waals surface area contributed by atoms with Crippen LogP contribution < -0.4 is 5.32 Å². The van der Waals surface area contributed by atoms with E-state index in [1.54, 1.807) is 12.3 Å². The number of unbranched alkanes of at least 4 members (excludes halogenated alkanes) is 1. The number of methoxy groups -OCH3 is 1. The predicted octanol–water partition coefficient (Wildman–Crippen LogP) is 3.30. The lowest BCUT2D eigenvalue weighted by Crippen LogP contribution is -2.49. The third-order valence-corrected chi connectivity index (χ3v) is 4.86. The molecule has 2 atom stereocenters. The van der Waals surface area contributed by atoms with Crippen LogP contribution in [0.4, 0.5) is 0 Å². The number of hydrogen-bond acceptors (Lipinski definition) is 5. The van der Waals surface area contributed by atoms with Crippen LogP contribution in [0.25, 0.3) is 10.8 Å². The monoisotopic (exact) mass is 352 g/mol. The van der Waals surface area contributed by atoms with Gasteiger partial charge in [0.15, 0.2) is 0 Å². The van der Waals surface area contributed by atoms with Gasteiger partial charge in [-0.05, 0) is 28.8 Å². The topological polar surface area (TPSA) is 67.8 Å². The van der Waals surface area contributed by atoms with Crippen LogP contribution in [0.15, 0.2) is 41.4 Å². The van der Waals surface area contributed by atoms with Gasteiger partial charge in [-0.2, -0.15) is 0 Å². The Hall–Kier alpha value is -2.53. The summed E-state index contributed by atoms with van der Waals surface area (Å²) in [6.07, 6.45) is 6.24. The van der Waals surface area contributed by atoms with E-state index in [-0.39, 0.29) is 12.1 Å². The SMILES string of the molecule is CCCCC1N=CC(C=O)(Cc2ccc(C(=O)OC)c3ccccc23)N1. The highest BCUT2D eigenvalue weighted by molar-refractivity contribution is 6.06. The van der Waals surface area contributed by atoms with E-state index in [1.165, 1.54) is 7.11 Å². The number of esters is 1. The first-order valence-electron chi connectivity index (χ1n) is 9.00. The number of ether oxygens (including phenoxy) is 1. The van der Waals surface area contributed by atoms with Gasteiger partial charge in [0.2, 0.25) is 0 Å². The van der Waals surface area contributed by atoms with Crippen molar-refractivity contribution in [3.05, 3.63) is 47.5 Å². The van der Waals surface area contributed by atoms with Crippen molar-refractivity contribution in [1.82, 2.24) is 5.32 Å². The van der Waals surface area contributed by atoms with Crippen molar-refractivity contribution in [2.75, 3.05) is 7.11 Å². The first-order chi connectivity index (χ1) is 12.6. The van der Waals surface area contributed by atoms with Gasteiger partial charge in [-0.3, -0.25) is 10.3 Å². The third kappa shape index (κ3) is 3.53. The Kier molecular flexibility index (Phi) is 5.47. The molecule has 0 aromatic heterocycles. The fraction of sp³-hybridized carbons (Fsp3) is 0.381. The van der Waals surface area contributed by atoms with Crippen molar-refractivity contribution in [3.63, 3.8) is 0 Å². The first-order valence-corrected chi connectivity index (χ1v) is 9.00. The van der Waals surface area contributed by atoms with E-state index in [4.69, 9.17) is 4.74 Å². The lowest BCUT2D eigenvalue weighted by atomic mass is 9.89. The van der Waals surface area contributed by atoms with E-state index < -0.39 is 5.54 Å². The molecule has 0 fully saturated rings. The molecular formula is C21H24N2O3. The average molecular weight is 352 g/mol. The fourth-order valence-corrected chi connectivity index (χ4v) is 3.47. The number of carbonyl (C=O) groups is 2. The maximum atomic E-state index is 12.0. The Morgan fingerprint density at radius 3 is 2.73 bits per heavy atom. The number of carbonyl (C=O) groups excluding carboxylic acids is 2. The molecule has 2 unspecified atom stereocenters. The molecule has 1 aliphatic rings. The second kappa shape index (κ2) is 7.79. The number of aldehydes is 1. The highest BCUT2D eigenvalue weighted by atomic mass is 16.5. The zero-order valence-electron chi connectivity index (χ0n) is 15.2. The molecule has 1 heterocycles. The summed E-state index contributed by atoms with van der Waals surface area (Å²) in [5.74, 6) is -0.363. The van der Waals surface area contributed by atoms with Gasteiger partial charge in [-0.15, -0.1) is 0 Å². The third-order valence-electron chi connectivity index (χ3n) is 4.86. The molecule has 1 N–H and O–H groups in total. The average Bonchev–Trinajstić information content (AvgIpc) is 3.09. The highest BCUT2D eigenvalue weighted by Gasteiger charge is 2.35. The zero-order valence-corrected chi connectivity index (χ0v) is 15.2. The van der Waals surface area contributed by atoms with Gasteiger partial charge in [0.25, 0.3) is 0 Å². The van der Waals surface area contributed by atoms with Crippen molar-refractivity contribution < 1.29 is 14.3 Å². The lowest BCUT2D eigenvalue weighted by molar-refractivity contribution is -0.111. The van der Waals surface area contributed by atoms with Crippen molar-refractivity contribution in [2.24, 2.45) is 4.99 Å². The Labute approximate surface area is 153 Å². The van der Waals surface area contributed by atoms with Crippen LogP contribution in [-0.4, -0.2) is 37.3 Å². The molecule has 2 aromatic rings. The molecule has 0 saturated carbocycles. The largest absolute Gasteiger partial charge is 0.465 e. The maximum Gasteiger partial charge on any atom is 0.338 e. The molecule has 0 aliphatic carbocycles. The molecule has 2 aromatic carbocycles. The first kappa shape index (κ1) is 18.3. The van der Waals surface area contributed by atoms with Crippen molar-refractivity contribution in [2.45, 2.75) is 44.3 Å². The van der Waals surface area contributed by atoms with Gasteiger partial charge >= 0.3 is 5.97 Å². The van der Waals surface area contributed by atoms with E-state index in [1.807, 2.05) is 30.3 Å². The van der Waals surface area contributed by atoms with Crippen LogP contribution in [-0.2, 0) is 16.0 Å². The number of hydrogen-bond donors (Lipinski definition) is 1. The van der Waals surface area contributed by atoms with Crippen LogP contribution in [0.2, 0.25) is 0 Å². The van der Waals surface area contributed by atoms with Crippen LogP contribution >= 0.6 is 0 Å². The van der Waals surface area contributed by atoms with E-state index in [9.17, 15) is 9.59 Å². The minimum atomic E-state index is -0.798. The number of rotatable bonds is 7. The Bertz CT molecular complexity index is 846. The van der Waals surface area contributed by atoms with Crippen molar-refractivity contribution >= 4 is 29.2 Å². The van der Waals surface area contributed by atoms with Gasteiger partial charge in [0.05, 0.1) is 12.7 Å². The Morgan fingerprint density at radius 1 is 1.27 bits per heavy atom. The van der Waals surface area contributed by atoms with E-state index in [2.05, 4.69) is 17.2 Å². The van der Waals surface area contributed by atoms with Gasteiger partial charge in [0.1, 0.15) is 18.0 Å². The lowest BCUT2D eigenvalue weighted by Gasteiger charge is -2.23. The molecule has 0 spiro atoms. The highest BCUT2D eigenvalue weighted by Crippen LogP contribution is 2.27. The second-order valence-electron chi connectivity index (χ2n) is 6.72. The van der Waals surface area contributed by atoms with Crippen LogP contribution in [0.3, 0.4) is 0 Å². The van der Waals surface area contributed by atoms with Crippen LogP contribution in [0.1, 0.15) is 42.1 Å². The summed E-state index contributed by atoms with van der Waals surface area (Å²) in [5, 5.41) is 5.15. The summed E-state index contributed by atoms with van der Waals surface area (Å²) in [7, 11) is 1.38. The Balaban J connectivity index is 1.93. The van der Waals surface area contributed by atoms with E-state index in [0.29, 0.717) is 12.0 Å². The summed E-state index contributed by atoms with van der Waals surface area (Å²) in [4.78, 5) is 28.4. The predicted molar refractivity (Wildman–Crippen MR) is 103 cm³/mol. The molecule has 1 aliphatic heterocycles. The zero-order chi connectivity index (χ0) is 18.6. The Morgan fingerprint density at radius 2 is 2.04 bits per heavy atom. The molecule has 0 amide bonds. The smallest absolute Gasteiger partial charge is 0.338 e. The van der Waals surface area contributed by atoms with Gasteiger partial charge in [-0.25, -0.2) is 4.79 Å². The quantitative estimate of drug-likeness (QED) is 0.613. The molecule has 0 saturated heterocycles. The molecule has 5 heteroatoms. The van der Waals surface area contributed by atoms with Crippen LogP contribution in [0.5, 0.6) is 0 Å². The summed E-state index contributed by atoms with van der Waals surface area (Å²) < 4.78 is 4.88. The number of aliphatic imine (C=N–C) groups is 1. The van der Waals surface area contributed by atoms with Gasteiger partial charge < -0.3 is 9.53 Å². The normalized spacial score (nSPS) is 21.8. The maximum absolute atomic E-state index is 12.0. The molecular weight excluding hydrogens is 328 g/mol. The summed E-state index contributed by atoms with van der Waals surface area (Å²) in [5.41, 5.74) is 0.727. The van der Waals surface area contributed by atoms with Crippen LogP contribution in [0, 0.1) is 0 Å². The number of fused-ring (bicyclic) bond motifs is 1. The van der Waals surface area contributed by atoms with Crippen molar-refractivity contribution in [3.8, 4) is 0 Å². The summed E-state index contributed by atoms with van der Waals surface area (Å²) >= 11 is 0. The summed E-state index contributed by atoms with van der Waals surface area (Å²) in [6.45, 7) is 2.14. The molecule has 0 bridgehead atoms. The molecule has 3 rings (SSSR count). The molecule has 5 nitrogen and oxygen atoms in total. The molecule has 0 radical (unpaired) electrons. The van der Waals surface area contributed by atoms with E-state index in [0.717, 1.165) is 41.9 Å². The summed E-state index contributed by atoms with van der Waals surface area (Å²) in [6, 6.07) is 11.4. The van der Waals surface area contributed by atoms with Gasteiger partial charge in [-0.1, -0.05) is 50.1 Å². The minimum Gasteiger partial charge on any atom is -0.465 e. The number of nitrogens with one attached hydrogen (secondary N) is 1. The van der Waals surface area contributed by atoms with Gasteiger partial charge in [0, 0.05) is 12.6 Å².